The van der Waals surface area contributed by atoms with Crippen LogP contribution in [0.5, 0.6) is 0 Å². The van der Waals surface area contributed by atoms with Crippen molar-refractivity contribution >= 4 is 28.1 Å². The SMILES string of the molecule is CS(=O)(=O)N1CCCc2cc(-c3nc(C4(N)CCC4)no3)ccc21.Cl. The van der Waals surface area contributed by atoms with Crippen molar-refractivity contribution in [1.29, 1.82) is 0 Å². The van der Waals surface area contributed by atoms with Gasteiger partial charge in [-0.05, 0) is 55.9 Å². The quantitative estimate of drug-likeness (QED) is 0.870. The van der Waals surface area contributed by atoms with E-state index in [0.717, 1.165) is 48.9 Å². The van der Waals surface area contributed by atoms with Crippen LogP contribution in [0.1, 0.15) is 37.1 Å². The molecule has 0 bridgehead atoms. The molecule has 136 valence electrons. The van der Waals surface area contributed by atoms with E-state index in [9.17, 15) is 8.42 Å². The molecule has 0 atom stereocenters. The summed E-state index contributed by atoms with van der Waals surface area (Å²) in [5, 5.41) is 4.04. The lowest BCUT2D eigenvalue weighted by molar-refractivity contribution is 0.229. The Labute approximate surface area is 153 Å². The number of sulfonamides is 1. The number of fused-ring (bicyclic) bond motifs is 1. The summed E-state index contributed by atoms with van der Waals surface area (Å²) in [6.07, 6.45) is 5.70. The fourth-order valence-electron chi connectivity index (χ4n) is 3.36. The molecule has 1 aliphatic carbocycles. The van der Waals surface area contributed by atoms with Crippen molar-refractivity contribution in [3.8, 4) is 11.5 Å². The predicted molar refractivity (Wildman–Crippen MR) is 97.2 cm³/mol. The number of rotatable bonds is 3. The van der Waals surface area contributed by atoms with Gasteiger partial charge in [-0.2, -0.15) is 4.98 Å². The van der Waals surface area contributed by atoms with Gasteiger partial charge in [-0.1, -0.05) is 5.16 Å². The number of hydrogen-bond acceptors (Lipinski definition) is 6. The first kappa shape index (κ1) is 18.2. The molecule has 2 N–H and O–H groups in total. The van der Waals surface area contributed by atoms with Crippen molar-refractivity contribution in [2.45, 2.75) is 37.6 Å². The van der Waals surface area contributed by atoms with E-state index < -0.39 is 15.6 Å². The minimum absolute atomic E-state index is 0. The Kier molecular flexibility index (Phi) is 4.55. The van der Waals surface area contributed by atoms with Crippen LogP contribution in [0.2, 0.25) is 0 Å². The van der Waals surface area contributed by atoms with Crippen LogP contribution in [-0.2, 0) is 22.0 Å². The molecule has 0 spiro atoms. The number of aromatic nitrogens is 2. The van der Waals surface area contributed by atoms with Crippen molar-refractivity contribution in [2.75, 3.05) is 17.1 Å². The topological polar surface area (TPSA) is 102 Å². The van der Waals surface area contributed by atoms with Crippen molar-refractivity contribution in [1.82, 2.24) is 10.1 Å². The van der Waals surface area contributed by atoms with E-state index in [-0.39, 0.29) is 12.4 Å². The lowest BCUT2D eigenvalue weighted by atomic mass is 9.77. The second-order valence-electron chi connectivity index (χ2n) is 6.72. The maximum atomic E-state index is 11.9. The number of benzene rings is 1. The predicted octanol–water partition coefficient (Wildman–Crippen LogP) is 2.21. The molecule has 0 radical (unpaired) electrons. The molecule has 25 heavy (non-hydrogen) atoms. The largest absolute Gasteiger partial charge is 0.334 e. The number of hydrogen-bond donors (Lipinski definition) is 1. The highest BCUT2D eigenvalue weighted by Crippen LogP contribution is 2.38. The average molecular weight is 385 g/mol. The summed E-state index contributed by atoms with van der Waals surface area (Å²) in [5.74, 6) is 0.986. The molecular formula is C16H21ClN4O3S. The van der Waals surface area contributed by atoms with Gasteiger partial charge < -0.3 is 10.3 Å². The lowest BCUT2D eigenvalue weighted by Gasteiger charge is -2.34. The van der Waals surface area contributed by atoms with E-state index in [0.29, 0.717) is 18.3 Å². The Balaban J connectivity index is 0.00000182. The van der Waals surface area contributed by atoms with E-state index in [1.54, 1.807) is 0 Å². The summed E-state index contributed by atoms with van der Waals surface area (Å²) in [6.45, 7) is 0.519. The Morgan fingerprint density at radius 2 is 2.04 bits per heavy atom. The van der Waals surface area contributed by atoms with Crippen LogP contribution in [0.3, 0.4) is 0 Å². The fraction of sp³-hybridized carbons (Fsp3) is 0.500. The van der Waals surface area contributed by atoms with Gasteiger partial charge in [0, 0.05) is 12.1 Å². The van der Waals surface area contributed by atoms with E-state index in [1.807, 2.05) is 18.2 Å². The minimum Gasteiger partial charge on any atom is -0.334 e. The highest BCUT2D eigenvalue weighted by Gasteiger charge is 2.39. The molecule has 2 aliphatic rings. The zero-order valence-electron chi connectivity index (χ0n) is 13.9. The summed E-state index contributed by atoms with van der Waals surface area (Å²) < 4.78 is 30.7. The second kappa shape index (κ2) is 6.26. The Bertz CT molecular complexity index is 893. The van der Waals surface area contributed by atoms with Gasteiger partial charge in [0.05, 0.1) is 17.5 Å². The van der Waals surface area contributed by atoms with Gasteiger partial charge in [0.25, 0.3) is 5.89 Å². The minimum atomic E-state index is -3.26. The number of anilines is 1. The third-order valence-electron chi connectivity index (χ3n) is 4.92. The molecule has 1 fully saturated rings. The van der Waals surface area contributed by atoms with Crippen molar-refractivity contribution in [3.05, 3.63) is 29.6 Å². The maximum absolute atomic E-state index is 11.9. The van der Waals surface area contributed by atoms with Crippen LogP contribution < -0.4 is 10.0 Å². The first-order chi connectivity index (χ1) is 11.4. The van der Waals surface area contributed by atoms with E-state index in [2.05, 4.69) is 10.1 Å². The number of nitrogens with two attached hydrogens (primary N) is 1. The van der Waals surface area contributed by atoms with Crippen LogP contribution in [0, 0.1) is 0 Å². The molecule has 9 heteroatoms. The summed E-state index contributed by atoms with van der Waals surface area (Å²) in [7, 11) is -3.26. The third-order valence-corrected chi connectivity index (χ3v) is 6.10. The van der Waals surface area contributed by atoms with Crippen LogP contribution in [-0.4, -0.2) is 31.4 Å². The highest BCUT2D eigenvalue weighted by atomic mass is 35.5. The first-order valence-electron chi connectivity index (χ1n) is 8.11. The molecule has 1 saturated carbocycles. The summed E-state index contributed by atoms with van der Waals surface area (Å²) >= 11 is 0. The Morgan fingerprint density at radius 1 is 1.28 bits per heavy atom. The number of aryl methyl sites for hydroxylation is 1. The molecule has 1 aromatic heterocycles. The highest BCUT2D eigenvalue weighted by molar-refractivity contribution is 7.92. The fourth-order valence-corrected chi connectivity index (χ4v) is 4.36. The normalized spacial score (nSPS) is 18.9. The third kappa shape index (κ3) is 3.14. The molecule has 0 saturated heterocycles. The van der Waals surface area contributed by atoms with Gasteiger partial charge in [0.15, 0.2) is 5.82 Å². The monoisotopic (exact) mass is 384 g/mol. The first-order valence-corrected chi connectivity index (χ1v) is 9.96. The lowest BCUT2D eigenvalue weighted by Crippen LogP contribution is -2.44. The van der Waals surface area contributed by atoms with Gasteiger partial charge in [0.2, 0.25) is 10.0 Å². The molecule has 4 rings (SSSR count). The summed E-state index contributed by atoms with van der Waals surface area (Å²) in [5.41, 5.74) is 8.29. The number of halogens is 1. The van der Waals surface area contributed by atoms with Crippen LogP contribution >= 0.6 is 12.4 Å². The Hall–Kier alpha value is -1.64. The van der Waals surface area contributed by atoms with Gasteiger partial charge >= 0.3 is 0 Å². The molecular weight excluding hydrogens is 364 g/mol. The van der Waals surface area contributed by atoms with E-state index in [4.69, 9.17) is 10.3 Å². The number of nitrogens with zero attached hydrogens (tertiary/aromatic N) is 3. The second-order valence-corrected chi connectivity index (χ2v) is 8.62. The molecule has 0 amide bonds. The summed E-state index contributed by atoms with van der Waals surface area (Å²) in [6, 6.07) is 5.58. The molecule has 1 aliphatic heterocycles. The van der Waals surface area contributed by atoms with Crippen molar-refractivity contribution in [2.24, 2.45) is 5.73 Å². The van der Waals surface area contributed by atoms with Crippen LogP contribution in [0.4, 0.5) is 5.69 Å². The van der Waals surface area contributed by atoms with Crippen molar-refractivity contribution < 1.29 is 12.9 Å². The zero-order chi connectivity index (χ0) is 16.9. The van der Waals surface area contributed by atoms with Crippen LogP contribution in [0.15, 0.2) is 22.7 Å². The van der Waals surface area contributed by atoms with Crippen molar-refractivity contribution in [3.63, 3.8) is 0 Å². The van der Waals surface area contributed by atoms with Gasteiger partial charge in [-0.3, -0.25) is 4.31 Å². The molecule has 7 nitrogen and oxygen atoms in total. The molecule has 0 unspecified atom stereocenters. The molecule has 1 aromatic carbocycles. The van der Waals surface area contributed by atoms with Gasteiger partial charge in [0.1, 0.15) is 0 Å². The average Bonchev–Trinajstić information content (AvgIpc) is 3.01. The van der Waals surface area contributed by atoms with Gasteiger partial charge in [-0.15, -0.1) is 12.4 Å². The standard InChI is InChI=1S/C16H20N4O3S.ClH/c1-24(21,22)20-9-2-4-11-10-12(5-6-13(11)20)14-18-15(19-23-14)16(17)7-3-8-16;/h5-6,10H,2-4,7-9,17H2,1H3;1H. The maximum Gasteiger partial charge on any atom is 0.258 e. The van der Waals surface area contributed by atoms with E-state index in [1.165, 1.54) is 10.6 Å². The summed E-state index contributed by atoms with van der Waals surface area (Å²) in [4.78, 5) is 4.46. The smallest absolute Gasteiger partial charge is 0.258 e. The van der Waals surface area contributed by atoms with E-state index >= 15 is 0 Å². The molecule has 2 heterocycles. The van der Waals surface area contributed by atoms with Crippen LogP contribution in [0.25, 0.3) is 11.5 Å². The molecule has 2 aromatic rings. The zero-order valence-corrected chi connectivity index (χ0v) is 15.6. The van der Waals surface area contributed by atoms with Gasteiger partial charge in [-0.25, -0.2) is 8.42 Å². The Morgan fingerprint density at radius 3 is 2.68 bits per heavy atom.